The Bertz CT molecular complexity index is 640. The van der Waals surface area contributed by atoms with Gasteiger partial charge in [0.2, 0.25) is 0 Å². The van der Waals surface area contributed by atoms with Crippen LogP contribution < -0.4 is 5.32 Å². The van der Waals surface area contributed by atoms with Gasteiger partial charge in [0, 0.05) is 32.3 Å². The van der Waals surface area contributed by atoms with Gasteiger partial charge < -0.3 is 9.88 Å². The van der Waals surface area contributed by atoms with Crippen molar-refractivity contribution < 1.29 is 4.79 Å². The van der Waals surface area contributed by atoms with Crippen LogP contribution in [0.25, 0.3) is 0 Å². The summed E-state index contributed by atoms with van der Waals surface area (Å²) in [6, 6.07) is 0. The second-order valence-electron chi connectivity index (χ2n) is 4.29. The molecule has 0 fully saturated rings. The first-order chi connectivity index (χ1) is 9.65. The van der Waals surface area contributed by atoms with E-state index in [0.29, 0.717) is 23.4 Å². The highest BCUT2D eigenvalue weighted by Gasteiger charge is 2.08. The van der Waals surface area contributed by atoms with Gasteiger partial charge in [0.25, 0.3) is 5.91 Å². The van der Waals surface area contributed by atoms with Crippen molar-refractivity contribution in [1.82, 2.24) is 29.9 Å². The number of carbonyl (C=O) groups is 1. The topological polar surface area (TPSA) is 80.5 Å². The Morgan fingerprint density at radius 2 is 2.30 bits per heavy atom. The molecule has 0 aliphatic carbocycles. The van der Waals surface area contributed by atoms with E-state index in [0.717, 1.165) is 18.8 Å². The van der Waals surface area contributed by atoms with Gasteiger partial charge in [0.1, 0.15) is 5.82 Å². The predicted molar refractivity (Wildman–Crippen MR) is 77.0 cm³/mol. The molecule has 2 rings (SSSR count). The lowest BCUT2D eigenvalue weighted by Crippen LogP contribution is -2.27. The molecular weight excluding hydrogens is 276 g/mol. The van der Waals surface area contributed by atoms with Gasteiger partial charge in [-0.15, -0.1) is 0 Å². The molecular formula is C12H18N6OS. The van der Waals surface area contributed by atoms with Crippen LogP contribution >= 0.6 is 12.2 Å². The average Bonchev–Trinajstić information content (AvgIpc) is 3.06. The highest BCUT2D eigenvalue weighted by atomic mass is 32.1. The molecule has 7 nitrogen and oxygen atoms in total. The fraction of sp³-hybridized carbons (Fsp3) is 0.500. The molecule has 1 amide bonds. The van der Waals surface area contributed by atoms with Crippen molar-refractivity contribution in [2.45, 2.75) is 33.4 Å². The largest absolute Gasteiger partial charge is 0.350 e. The number of H-pyrrole nitrogens is 1. The highest BCUT2D eigenvalue weighted by molar-refractivity contribution is 7.71. The maximum absolute atomic E-state index is 11.9. The van der Waals surface area contributed by atoms with Gasteiger partial charge in [-0.05, 0) is 19.1 Å². The van der Waals surface area contributed by atoms with E-state index >= 15 is 0 Å². The Hall–Kier alpha value is -1.96. The molecule has 0 aliphatic heterocycles. The number of aromatic amines is 1. The van der Waals surface area contributed by atoms with Gasteiger partial charge in [0.15, 0.2) is 4.77 Å². The van der Waals surface area contributed by atoms with Crippen molar-refractivity contribution in [1.29, 1.82) is 0 Å². The van der Waals surface area contributed by atoms with Crippen LogP contribution in [0.3, 0.4) is 0 Å². The first-order valence-corrected chi connectivity index (χ1v) is 7.01. The van der Waals surface area contributed by atoms with Crippen LogP contribution in [0.15, 0.2) is 12.4 Å². The van der Waals surface area contributed by atoms with Gasteiger partial charge in [-0.3, -0.25) is 14.6 Å². The molecule has 2 N–H and O–H groups in total. The van der Waals surface area contributed by atoms with E-state index in [2.05, 4.69) is 20.6 Å². The molecule has 2 heterocycles. The lowest BCUT2D eigenvalue weighted by Gasteiger charge is -2.06. The number of nitrogens with one attached hydrogen (secondary N) is 2. The molecule has 8 heteroatoms. The molecule has 0 saturated heterocycles. The summed E-state index contributed by atoms with van der Waals surface area (Å²) in [5.41, 5.74) is 0.568. The quantitative estimate of drug-likeness (QED) is 0.783. The summed E-state index contributed by atoms with van der Waals surface area (Å²) in [7, 11) is 0. The van der Waals surface area contributed by atoms with Gasteiger partial charge in [-0.2, -0.15) is 10.2 Å². The van der Waals surface area contributed by atoms with Crippen LogP contribution in [-0.4, -0.2) is 37.0 Å². The monoisotopic (exact) mass is 294 g/mol. The predicted octanol–water partition coefficient (Wildman–Crippen LogP) is 1.15. The molecule has 2 aromatic heterocycles. The van der Waals surface area contributed by atoms with Crippen molar-refractivity contribution in [3.8, 4) is 0 Å². The number of rotatable bonds is 6. The summed E-state index contributed by atoms with van der Waals surface area (Å²) >= 11 is 5.15. The third-order valence-corrected chi connectivity index (χ3v) is 3.31. The maximum atomic E-state index is 11.9. The second kappa shape index (κ2) is 6.47. The summed E-state index contributed by atoms with van der Waals surface area (Å²) in [6.07, 6.45) is 4.10. The lowest BCUT2D eigenvalue weighted by molar-refractivity contribution is 0.0952. The number of amides is 1. The van der Waals surface area contributed by atoms with Gasteiger partial charge in [-0.25, -0.2) is 0 Å². The van der Waals surface area contributed by atoms with Crippen molar-refractivity contribution >= 4 is 18.1 Å². The summed E-state index contributed by atoms with van der Waals surface area (Å²) < 4.78 is 4.19. The Morgan fingerprint density at radius 3 is 2.95 bits per heavy atom. The number of hydrogen-bond donors (Lipinski definition) is 2. The highest BCUT2D eigenvalue weighted by Crippen LogP contribution is 2.00. The molecule has 20 heavy (non-hydrogen) atoms. The summed E-state index contributed by atoms with van der Waals surface area (Å²) in [5.74, 6) is 0.765. The van der Waals surface area contributed by atoms with E-state index < -0.39 is 0 Å². The zero-order valence-electron chi connectivity index (χ0n) is 11.6. The molecule has 0 unspecified atom stereocenters. The fourth-order valence-electron chi connectivity index (χ4n) is 1.89. The molecule has 108 valence electrons. The first-order valence-electron chi connectivity index (χ1n) is 6.60. The molecule has 0 atom stereocenters. The smallest absolute Gasteiger partial charge is 0.254 e. The van der Waals surface area contributed by atoms with E-state index in [1.807, 2.05) is 18.4 Å². The van der Waals surface area contributed by atoms with Crippen LogP contribution in [0.4, 0.5) is 0 Å². The van der Waals surface area contributed by atoms with Crippen molar-refractivity contribution in [2.24, 2.45) is 0 Å². The zero-order chi connectivity index (χ0) is 14.5. The summed E-state index contributed by atoms with van der Waals surface area (Å²) in [6.45, 7) is 5.83. The molecule has 0 aromatic carbocycles. The number of hydrogen-bond acceptors (Lipinski definition) is 4. The third kappa shape index (κ3) is 3.13. The number of aromatic nitrogens is 5. The first kappa shape index (κ1) is 14.4. The van der Waals surface area contributed by atoms with Crippen LogP contribution in [0, 0.1) is 4.77 Å². The van der Waals surface area contributed by atoms with Crippen molar-refractivity contribution in [3.63, 3.8) is 0 Å². The molecule has 0 radical (unpaired) electrons. The number of aryl methyl sites for hydroxylation is 2. The SMILES string of the molecule is CCc1n[nH]c(=S)n1CCNC(=O)c1cnn(CC)c1. The molecule has 0 spiro atoms. The van der Waals surface area contributed by atoms with Crippen molar-refractivity contribution in [3.05, 3.63) is 28.6 Å². The van der Waals surface area contributed by atoms with E-state index in [1.165, 1.54) is 0 Å². The number of carbonyl (C=O) groups excluding carboxylic acids is 1. The zero-order valence-corrected chi connectivity index (χ0v) is 12.4. The van der Waals surface area contributed by atoms with E-state index in [4.69, 9.17) is 12.2 Å². The Labute approximate surface area is 122 Å². The summed E-state index contributed by atoms with van der Waals surface area (Å²) in [5, 5.41) is 13.8. The Morgan fingerprint density at radius 1 is 1.50 bits per heavy atom. The van der Waals surface area contributed by atoms with Gasteiger partial charge in [-0.1, -0.05) is 6.92 Å². The minimum absolute atomic E-state index is 0.127. The van der Waals surface area contributed by atoms with Crippen LogP contribution in [0.2, 0.25) is 0 Å². The Kier molecular flexibility index (Phi) is 4.67. The normalized spacial score (nSPS) is 10.7. The van der Waals surface area contributed by atoms with Crippen LogP contribution in [-0.2, 0) is 19.5 Å². The second-order valence-corrected chi connectivity index (χ2v) is 4.68. The van der Waals surface area contributed by atoms with Gasteiger partial charge >= 0.3 is 0 Å². The standard InChI is InChI=1S/C12H18N6OS/c1-3-10-15-16-12(20)18(10)6-5-13-11(19)9-7-14-17(4-2)8-9/h7-8H,3-6H2,1-2H3,(H,13,19)(H,16,20). The third-order valence-electron chi connectivity index (χ3n) is 2.99. The van der Waals surface area contributed by atoms with E-state index in [-0.39, 0.29) is 5.91 Å². The minimum Gasteiger partial charge on any atom is -0.350 e. The van der Waals surface area contributed by atoms with E-state index in [1.54, 1.807) is 17.1 Å². The molecule has 0 bridgehead atoms. The molecule has 2 aromatic rings. The van der Waals surface area contributed by atoms with Crippen molar-refractivity contribution in [2.75, 3.05) is 6.54 Å². The average molecular weight is 294 g/mol. The lowest BCUT2D eigenvalue weighted by atomic mass is 10.3. The minimum atomic E-state index is -0.127. The number of nitrogens with zero attached hydrogens (tertiary/aromatic N) is 4. The van der Waals surface area contributed by atoms with Gasteiger partial charge in [0.05, 0.1) is 11.8 Å². The van der Waals surface area contributed by atoms with Crippen LogP contribution in [0.5, 0.6) is 0 Å². The fourth-order valence-corrected chi connectivity index (χ4v) is 2.13. The summed E-state index contributed by atoms with van der Waals surface area (Å²) in [4.78, 5) is 11.9. The van der Waals surface area contributed by atoms with Crippen LogP contribution in [0.1, 0.15) is 30.0 Å². The molecule has 0 saturated carbocycles. The molecule has 0 aliphatic rings. The Balaban J connectivity index is 1.91. The van der Waals surface area contributed by atoms with E-state index in [9.17, 15) is 4.79 Å². The maximum Gasteiger partial charge on any atom is 0.254 e.